The summed E-state index contributed by atoms with van der Waals surface area (Å²) in [5.41, 5.74) is 3.72. The maximum Gasteiger partial charge on any atom is 1.00 e. The van der Waals surface area contributed by atoms with E-state index in [0.717, 1.165) is 34.4 Å². The Labute approximate surface area is 224 Å². The molecule has 0 unspecified atom stereocenters. The van der Waals surface area contributed by atoms with Crippen LogP contribution in [-0.4, -0.2) is 11.9 Å². The minimum absolute atomic E-state index is 0. The number of allylic oxidation sites excluding steroid dienone is 16. The van der Waals surface area contributed by atoms with Crippen LogP contribution in [0.4, 0.5) is 0 Å². The first-order chi connectivity index (χ1) is 13.2. The number of hydrogen-bond donors (Lipinski definition) is 0. The van der Waals surface area contributed by atoms with E-state index in [1.165, 1.54) is 12.2 Å². The predicted octanol–water partition coefficient (Wildman–Crippen LogP) is -2.94. The summed E-state index contributed by atoms with van der Waals surface area (Å²) < 4.78 is 0. The second kappa shape index (κ2) is 20.9. The molecule has 0 rings (SSSR count). The zero-order chi connectivity index (χ0) is 21.4. The molecular weight excluding hydrogens is 398 g/mol. The molecule has 0 spiro atoms. The SMILES string of the molecule is CC(/C=C/C=C(C)/C=C/C(=O)[O-])=C\C=C\C=C(C)\C=C\C=C(C)\C=C\C(=O)[O-].[Na+].[Na+]. The summed E-state index contributed by atoms with van der Waals surface area (Å²) in [6.45, 7) is 7.54. The summed E-state index contributed by atoms with van der Waals surface area (Å²) in [7, 11) is 0. The van der Waals surface area contributed by atoms with Crippen LogP contribution in [0.25, 0.3) is 0 Å². The van der Waals surface area contributed by atoms with Gasteiger partial charge in [0.05, 0.1) is 11.9 Å². The van der Waals surface area contributed by atoms with Crippen molar-refractivity contribution in [2.45, 2.75) is 27.7 Å². The van der Waals surface area contributed by atoms with Gasteiger partial charge in [-0.25, -0.2) is 0 Å². The minimum Gasteiger partial charge on any atom is -0.545 e. The van der Waals surface area contributed by atoms with Crippen molar-refractivity contribution in [1.82, 2.24) is 0 Å². The van der Waals surface area contributed by atoms with Gasteiger partial charge in [0.1, 0.15) is 0 Å². The van der Waals surface area contributed by atoms with Crippen LogP contribution in [0.3, 0.4) is 0 Å². The van der Waals surface area contributed by atoms with Crippen LogP contribution in [0.1, 0.15) is 27.7 Å². The van der Waals surface area contributed by atoms with Crippen LogP contribution in [0.5, 0.6) is 0 Å². The van der Waals surface area contributed by atoms with Gasteiger partial charge in [0.15, 0.2) is 0 Å². The zero-order valence-electron chi connectivity index (χ0n) is 18.7. The van der Waals surface area contributed by atoms with Crippen LogP contribution >= 0.6 is 0 Å². The van der Waals surface area contributed by atoms with Gasteiger partial charge in [-0.3, -0.25) is 0 Å². The molecule has 0 aliphatic carbocycles. The third-order valence-electron chi connectivity index (χ3n) is 3.23. The first-order valence-electron chi connectivity index (χ1n) is 8.70. The maximum absolute atomic E-state index is 10.3. The average molecular weight is 424 g/mol. The summed E-state index contributed by atoms with van der Waals surface area (Å²) in [6.07, 6.45) is 23.9. The van der Waals surface area contributed by atoms with Gasteiger partial charge >= 0.3 is 59.1 Å². The van der Waals surface area contributed by atoms with Gasteiger partial charge in [0.2, 0.25) is 0 Å². The van der Waals surface area contributed by atoms with E-state index < -0.39 is 11.9 Å². The van der Waals surface area contributed by atoms with E-state index in [1.807, 2.05) is 74.6 Å². The van der Waals surface area contributed by atoms with Crippen molar-refractivity contribution < 1.29 is 78.9 Å². The molecule has 30 heavy (non-hydrogen) atoms. The van der Waals surface area contributed by atoms with E-state index in [-0.39, 0.29) is 59.1 Å². The number of carboxylic acid groups (broad SMARTS) is 2. The molecule has 0 amide bonds. The molecule has 0 saturated carbocycles. The molecule has 0 saturated heterocycles. The average Bonchev–Trinajstić information content (AvgIpc) is 2.61. The standard InChI is InChI=1S/C24H28O4.2Na/c1-19(11-7-13-21(3)15-17-23(25)26)9-5-6-10-20(2)12-8-14-22(4)16-18-24(27)28;;/h5-18H,1-4H3,(H,25,26)(H,27,28);;/q;2*+1/p-2/b6-5+,11-7+,12-8+,17-15+,18-16+,19-9+,20-10+,21-13+,22-14+;;. The van der Waals surface area contributed by atoms with Gasteiger partial charge in [0.25, 0.3) is 0 Å². The molecular formula is C24H26Na2O4. The molecule has 0 atom stereocenters. The third kappa shape index (κ3) is 22.9. The fourth-order valence-corrected chi connectivity index (χ4v) is 1.74. The van der Waals surface area contributed by atoms with E-state index >= 15 is 0 Å². The van der Waals surface area contributed by atoms with Gasteiger partial charge in [-0.2, -0.15) is 0 Å². The Morgan fingerprint density at radius 2 is 0.733 bits per heavy atom. The largest absolute Gasteiger partial charge is 1.00 e. The number of aliphatic carboxylic acids is 2. The topological polar surface area (TPSA) is 80.3 Å². The molecule has 0 radical (unpaired) electrons. The normalized spacial score (nSPS) is 14.1. The van der Waals surface area contributed by atoms with Crippen molar-refractivity contribution in [1.29, 1.82) is 0 Å². The molecule has 0 aromatic rings. The van der Waals surface area contributed by atoms with Crippen molar-refractivity contribution in [3.05, 3.63) is 107 Å². The molecule has 0 fully saturated rings. The van der Waals surface area contributed by atoms with Crippen LogP contribution in [0, 0.1) is 0 Å². The van der Waals surface area contributed by atoms with Crippen LogP contribution in [0.15, 0.2) is 107 Å². The van der Waals surface area contributed by atoms with E-state index in [0.29, 0.717) is 0 Å². The van der Waals surface area contributed by atoms with Crippen molar-refractivity contribution in [2.75, 3.05) is 0 Å². The predicted molar refractivity (Wildman–Crippen MR) is 111 cm³/mol. The monoisotopic (exact) mass is 424 g/mol. The van der Waals surface area contributed by atoms with E-state index in [1.54, 1.807) is 13.8 Å². The molecule has 0 aliphatic heterocycles. The molecule has 6 heteroatoms. The van der Waals surface area contributed by atoms with Crippen LogP contribution < -0.4 is 69.3 Å². The molecule has 4 nitrogen and oxygen atoms in total. The zero-order valence-corrected chi connectivity index (χ0v) is 22.7. The van der Waals surface area contributed by atoms with Crippen molar-refractivity contribution >= 4 is 11.9 Å². The smallest absolute Gasteiger partial charge is 0.545 e. The number of rotatable bonds is 10. The summed E-state index contributed by atoms with van der Waals surface area (Å²) >= 11 is 0. The van der Waals surface area contributed by atoms with Gasteiger partial charge in [-0.05, 0) is 39.8 Å². The van der Waals surface area contributed by atoms with Crippen molar-refractivity contribution in [2.24, 2.45) is 0 Å². The molecule has 148 valence electrons. The number of carboxylic acids is 2. The Kier molecular flexibility index (Phi) is 23.1. The minimum atomic E-state index is -1.21. The molecule has 0 bridgehead atoms. The first-order valence-corrected chi connectivity index (χ1v) is 8.70. The van der Waals surface area contributed by atoms with E-state index in [4.69, 9.17) is 0 Å². The molecule has 0 aromatic heterocycles. The fourth-order valence-electron chi connectivity index (χ4n) is 1.74. The maximum atomic E-state index is 10.3. The van der Waals surface area contributed by atoms with Gasteiger partial charge in [0, 0.05) is 0 Å². The van der Waals surface area contributed by atoms with E-state index in [2.05, 4.69) is 0 Å². The number of carbonyl (C=O) groups excluding carboxylic acids is 2. The van der Waals surface area contributed by atoms with Crippen LogP contribution in [0.2, 0.25) is 0 Å². The van der Waals surface area contributed by atoms with Crippen molar-refractivity contribution in [3.63, 3.8) is 0 Å². The quantitative estimate of drug-likeness (QED) is 0.214. The Balaban J connectivity index is -0.00000364. The van der Waals surface area contributed by atoms with Gasteiger partial charge in [-0.1, -0.05) is 95.2 Å². The van der Waals surface area contributed by atoms with Crippen LogP contribution in [-0.2, 0) is 9.59 Å². The second-order valence-corrected chi connectivity index (χ2v) is 6.05. The summed E-state index contributed by atoms with van der Waals surface area (Å²) in [5, 5.41) is 20.6. The molecule has 0 aromatic carbocycles. The fraction of sp³-hybridized carbons (Fsp3) is 0.167. The molecule has 0 heterocycles. The Hall–Kier alpha value is -1.40. The summed E-state index contributed by atoms with van der Waals surface area (Å²) in [6, 6.07) is 0. The molecule has 0 N–H and O–H groups in total. The molecule has 0 aliphatic rings. The summed E-state index contributed by atoms with van der Waals surface area (Å²) in [4.78, 5) is 20.6. The number of carbonyl (C=O) groups is 2. The Bertz CT molecular complexity index is 750. The Morgan fingerprint density at radius 1 is 0.467 bits per heavy atom. The third-order valence-corrected chi connectivity index (χ3v) is 3.23. The van der Waals surface area contributed by atoms with Gasteiger partial charge in [-0.15, -0.1) is 0 Å². The second-order valence-electron chi connectivity index (χ2n) is 6.05. The Morgan fingerprint density at radius 3 is 1.03 bits per heavy atom. The first kappa shape index (κ1) is 33.2. The van der Waals surface area contributed by atoms with E-state index in [9.17, 15) is 19.8 Å². The summed E-state index contributed by atoms with van der Waals surface area (Å²) in [5.74, 6) is -2.43. The van der Waals surface area contributed by atoms with Gasteiger partial charge < -0.3 is 19.8 Å². The van der Waals surface area contributed by atoms with Crippen molar-refractivity contribution in [3.8, 4) is 0 Å². The number of hydrogen-bond acceptors (Lipinski definition) is 4.